The number of pyridine rings is 1. The number of halogens is 2. The zero-order valence-corrected chi connectivity index (χ0v) is 12.8. The normalized spacial score (nSPS) is 10.2. The number of carboxylic acid groups (broad SMARTS) is 1. The summed E-state index contributed by atoms with van der Waals surface area (Å²) in [5.41, 5.74) is 0.827. The van der Waals surface area contributed by atoms with Crippen LogP contribution in [0, 0.1) is 0 Å². The number of carboxylic acids is 1. The highest BCUT2D eigenvalue weighted by atomic mass is 79.9. The lowest BCUT2D eigenvalue weighted by atomic mass is 10.2. The van der Waals surface area contributed by atoms with E-state index in [4.69, 9.17) is 9.84 Å². The summed E-state index contributed by atoms with van der Waals surface area (Å²) in [5, 5.41) is 8.76. The lowest BCUT2D eigenvalue weighted by Gasteiger charge is -2.08. The Labute approximate surface area is 126 Å². The van der Waals surface area contributed by atoms with E-state index in [0.717, 1.165) is 8.95 Å². The first kappa shape index (κ1) is 14.0. The van der Waals surface area contributed by atoms with Crippen molar-refractivity contribution in [1.29, 1.82) is 0 Å². The predicted octanol–water partition coefficient (Wildman–Crippen LogP) is 3.88. The van der Waals surface area contributed by atoms with E-state index in [1.54, 1.807) is 6.07 Å². The van der Waals surface area contributed by atoms with Crippen LogP contribution < -0.4 is 4.74 Å². The average molecular weight is 387 g/mol. The van der Waals surface area contributed by atoms with Gasteiger partial charge in [-0.2, -0.15) is 0 Å². The van der Waals surface area contributed by atoms with Crippen LogP contribution in [0.15, 0.2) is 45.5 Å². The van der Waals surface area contributed by atoms with E-state index in [2.05, 4.69) is 36.8 Å². The lowest BCUT2D eigenvalue weighted by molar-refractivity contribution is 0.0696. The summed E-state index contributed by atoms with van der Waals surface area (Å²) in [6, 6.07) is 8.73. The third kappa shape index (κ3) is 3.78. The Bertz CT molecular complexity index is 599. The van der Waals surface area contributed by atoms with Crippen molar-refractivity contribution in [3.05, 3.63) is 56.7 Å². The van der Waals surface area contributed by atoms with Gasteiger partial charge in [-0.1, -0.05) is 15.9 Å². The first-order chi connectivity index (χ1) is 9.06. The maximum absolute atomic E-state index is 10.7. The van der Waals surface area contributed by atoms with Crippen LogP contribution in [-0.4, -0.2) is 16.1 Å². The first-order valence-corrected chi connectivity index (χ1v) is 6.91. The molecule has 0 spiro atoms. The standard InChI is InChI=1S/C13H9Br2NO3/c14-9-2-4-12(11(15)5-9)19-7-10-3-1-8(6-16-10)13(17)18/h1-6H,7H2,(H,17,18). The summed E-state index contributed by atoms with van der Waals surface area (Å²) >= 11 is 6.76. The molecule has 6 heteroatoms. The number of hydrogen-bond acceptors (Lipinski definition) is 3. The quantitative estimate of drug-likeness (QED) is 0.865. The fourth-order valence-electron chi connectivity index (χ4n) is 1.38. The molecule has 2 aromatic rings. The molecule has 1 aromatic carbocycles. The number of rotatable bonds is 4. The second kappa shape index (κ2) is 6.16. The molecule has 1 aromatic heterocycles. The second-order valence-corrected chi connectivity index (χ2v) is 5.48. The number of nitrogens with zero attached hydrogens (tertiary/aromatic N) is 1. The lowest BCUT2D eigenvalue weighted by Crippen LogP contribution is -2.02. The van der Waals surface area contributed by atoms with Gasteiger partial charge < -0.3 is 9.84 Å². The fraction of sp³-hybridized carbons (Fsp3) is 0.0769. The van der Waals surface area contributed by atoms with Crippen LogP contribution in [0.25, 0.3) is 0 Å². The third-order valence-corrected chi connectivity index (χ3v) is 3.45. The number of aromatic nitrogens is 1. The summed E-state index contributed by atoms with van der Waals surface area (Å²) in [7, 11) is 0. The summed E-state index contributed by atoms with van der Waals surface area (Å²) in [5.74, 6) is -0.289. The van der Waals surface area contributed by atoms with Crippen molar-refractivity contribution in [2.75, 3.05) is 0 Å². The summed E-state index contributed by atoms with van der Waals surface area (Å²) in [6.45, 7) is 0.278. The molecular weight excluding hydrogens is 378 g/mol. The van der Waals surface area contributed by atoms with Crippen molar-refractivity contribution in [2.45, 2.75) is 6.61 Å². The van der Waals surface area contributed by atoms with Crippen molar-refractivity contribution in [1.82, 2.24) is 4.98 Å². The molecule has 2 rings (SSSR count). The van der Waals surface area contributed by atoms with Crippen LogP contribution in [0.4, 0.5) is 0 Å². The fourth-order valence-corrected chi connectivity index (χ4v) is 2.54. The van der Waals surface area contributed by atoms with Gasteiger partial charge in [-0.15, -0.1) is 0 Å². The number of ether oxygens (including phenoxy) is 1. The Morgan fingerprint density at radius 2 is 2.05 bits per heavy atom. The molecule has 19 heavy (non-hydrogen) atoms. The third-order valence-electron chi connectivity index (χ3n) is 2.34. The molecule has 0 fully saturated rings. The van der Waals surface area contributed by atoms with Gasteiger partial charge in [0.1, 0.15) is 12.4 Å². The van der Waals surface area contributed by atoms with Crippen LogP contribution in [0.3, 0.4) is 0 Å². The highest BCUT2D eigenvalue weighted by Crippen LogP contribution is 2.28. The second-order valence-electron chi connectivity index (χ2n) is 3.71. The van der Waals surface area contributed by atoms with E-state index in [0.29, 0.717) is 11.4 Å². The zero-order chi connectivity index (χ0) is 13.8. The Kier molecular flexibility index (Phi) is 4.55. The SMILES string of the molecule is O=C(O)c1ccc(COc2ccc(Br)cc2Br)nc1. The molecule has 4 nitrogen and oxygen atoms in total. The van der Waals surface area contributed by atoms with Crippen LogP contribution in [0.1, 0.15) is 16.1 Å². The highest BCUT2D eigenvalue weighted by molar-refractivity contribution is 9.11. The number of aromatic carboxylic acids is 1. The Morgan fingerprint density at radius 3 is 2.63 bits per heavy atom. The molecule has 0 aliphatic rings. The van der Waals surface area contributed by atoms with E-state index < -0.39 is 5.97 Å². The smallest absolute Gasteiger partial charge is 0.337 e. The Morgan fingerprint density at radius 1 is 1.26 bits per heavy atom. The molecule has 0 saturated heterocycles. The molecule has 0 amide bonds. The van der Waals surface area contributed by atoms with Gasteiger partial charge in [0.2, 0.25) is 0 Å². The molecule has 0 radical (unpaired) electrons. The molecule has 0 atom stereocenters. The van der Waals surface area contributed by atoms with Gasteiger partial charge in [-0.3, -0.25) is 4.98 Å². The zero-order valence-electron chi connectivity index (χ0n) is 9.64. The van der Waals surface area contributed by atoms with Gasteiger partial charge in [0, 0.05) is 10.7 Å². The van der Waals surface area contributed by atoms with Crippen LogP contribution in [0.5, 0.6) is 5.75 Å². The van der Waals surface area contributed by atoms with Crippen LogP contribution in [0.2, 0.25) is 0 Å². The molecular formula is C13H9Br2NO3. The first-order valence-electron chi connectivity index (χ1n) is 5.32. The van der Waals surface area contributed by atoms with Gasteiger partial charge in [0.15, 0.2) is 0 Å². The molecule has 98 valence electrons. The van der Waals surface area contributed by atoms with E-state index in [1.807, 2.05) is 18.2 Å². The summed E-state index contributed by atoms with van der Waals surface area (Å²) in [6.07, 6.45) is 1.32. The number of benzene rings is 1. The van der Waals surface area contributed by atoms with Crippen LogP contribution >= 0.6 is 31.9 Å². The maximum Gasteiger partial charge on any atom is 0.337 e. The van der Waals surface area contributed by atoms with Gasteiger partial charge in [0.05, 0.1) is 15.7 Å². The van der Waals surface area contributed by atoms with Crippen molar-refractivity contribution in [3.8, 4) is 5.75 Å². The van der Waals surface area contributed by atoms with E-state index in [9.17, 15) is 4.79 Å². The van der Waals surface area contributed by atoms with Crippen molar-refractivity contribution in [2.24, 2.45) is 0 Å². The van der Waals surface area contributed by atoms with E-state index in [-0.39, 0.29) is 12.2 Å². The minimum atomic E-state index is -0.990. The van der Waals surface area contributed by atoms with Gasteiger partial charge in [-0.05, 0) is 46.3 Å². The van der Waals surface area contributed by atoms with Crippen molar-refractivity contribution < 1.29 is 14.6 Å². The summed E-state index contributed by atoms with van der Waals surface area (Å²) < 4.78 is 7.39. The molecule has 0 saturated carbocycles. The van der Waals surface area contributed by atoms with Crippen molar-refractivity contribution >= 4 is 37.8 Å². The maximum atomic E-state index is 10.7. The van der Waals surface area contributed by atoms with Gasteiger partial charge in [0.25, 0.3) is 0 Å². The Balaban J connectivity index is 2.04. The monoisotopic (exact) mass is 385 g/mol. The highest BCUT2D eigenvalue weighted by Gasteiger charge is 2.05. The topological polar surface area (TPSA) is 59.4 Å². The molecule has 1 N–H and O–H groups in total. The van der Waals surface area contributed by atoms with E-state index in [1.165, 1.54) is 12.3 Å². The van der Waals surface area contributed by atoms with Gasteiger partial charge in [-0.25, -0.2) is 4.79 Å². The van der Waals surface area contributed by atoms with E-state index >= 15 is 0 Å². The van der Waals surface area contributed by atoms with Gasteiger partial charge >= 0.3 is 5.97 Å². The average Bonchev–Trinajstić information content (AvgIpc) is 2.38. The Hall–Kier alpha value is -1.40. The molecule has 0 aliphatic heterocycles. The largest absolute Gasteiger partial charge is 0.486 e. The minimum Gasteiger partial charge on any atom is -0.486 e. The molecule has 0 unspecified atom stereocenters. The molecule has 0 bridgehead atoms. The predicted molar refractivity (Wildman–Crippen MR) is 77.4 cm³/mol. The minimum absolute atomic E-state index is 0.161. The summed E-state index contributed by atoms with van der Waals surface area (Å²) in [4.78, 5) is 14.7. The number of hydrogen-bond donors (Lipinski definition) is 1. The van der Waals surface area contributed by atoms with Crippen LogP contribution in [-0.2, 0) is 6.61 Å². The molecule has 0 aliphatic carbocycles. The number of carbonyl (C=O) groups is 1. The molecule has 1 heterocycles. The van der Waals surface area contributed by atoms with Crippen molar-refractivity contribution in [3.63, 3.8) is 0 Å².